The number of halogens is 1. The van der Waals surface area contributed by atoms with Crippen molar-refractivity contribution in [3.8, 4) is 5.69 Å². The third-order valence-electron chi connectivity index (χ3n) is 9.38. The Hall–Kier alpha value is -5.14. The number of carbonyl (C=O) groups is 3. The summed E-state index contributed by atoms with van der Waals surface area (Å²) in [6, 6.07) is 17.7. The number of benzene rings is 2. The van der Waals surface area contributed by atoms with Crippen LogP contribution >= 0.6 is 0 Å². The minimum atomic E-state index is -1.00. The van der Waals surface area contributed by atoms with Crippen molar-refractivity contribution in [2.24, 2.45) is 0 Å². The van der Waals surface area contributed by atoms with Crippen LogP contribution in [0.5, 0.6) is 0 Å². The average molecular weight is 669 g/mol. The molecule has 0 bridgehead atoms. The number of likely N-dealkylation sites (N-methyl/N-ethyl adjacent to an activating group) is 2. The van der Waals surface area contributed by atoms with Gasteiger partial charge in [0.05, 0.1) is 37.7 Å². The van der Waals surface area contributed by atoms with E-state index in [0.717, 1.165) is 22.4 Å². The summed E-state index contributed by atoms with van der Waals surface area (Å²) in [4.78, 5) is 44.7. The number of anilines is 1. The van der Waals surface area contributed by atoms with E-state index in [0.29, 0.717) is 31.1 Å². The molecule has 2 aliphatic heterocycles. The van der Waals surface area contributed by atoms with Crippen molar-refractivity contribution in [1.29, 1.82) is 0 Å². The largest absolute Gasteiger partial charge is 0.378 e. The molecule has 2 unspecified atom stereocenters. The summed E-state index contributed by atoms with van der Waals surface area (Å²) in [5, 5.41) is 14.8. The van der Waals surface area contributed by atoms with Gasteiger partial charge >= 0.3 is 0 Å². The Morgan fingerprint density at radius 2 is 1.92 bits per heavy atom. The van der Waals surface area contributed by atoms with E-state index in [1.807, 2.05) is 75.5 Å². The lowest BCUT2D eigenvalue weighted by atomic mass is 9.82. The number of hydrogen-bond acceptors (Lipinski definition) is 7. The van der Waals surface area contributed by atoms with Crippen LogP contribution in [-0.2, 0) is 27.4 Å². The number of carbonyl (C=O) groups excluding carboxylic acids is 3. The standard InChI is InChI=1S/C36H41FN8O4/c1-5-44-35-29(20-39-45(35)27-12-7-6-8-13-27)31(32(36(44)48)40-34(47)30-14-16-43(41-30)17-15-37)26-11-9-10-25(18-26)19-38-33(46)23(2)24(3)42(4)28-21-49-22-28/h6-14,16,18,20,24,28,31-32H,2,5,15,17,19,21-22H2,1,3-4H3,(H,38,46)(H,40,47)/t24?,31-,32?/m1/s1. The summed E-state index contributed by atoms with van der Waals surface area (Å²) in [5.74, 6) is -1.11. The molecule has 0 saturated carbocycles. The van der Waals surface area contributed by atoms with Gasteiger partial charge in [-0.25, -0.2) is 9.07 Å². The van der Waals surface area contributed by atoms with Crippen LogP contribution in [0.2, 0.25) is 0 Å². The smallest absolute Gasteiger partial charge is 0.272 e. The van der Waals surface area contributed by atoms with Crippen molar-refractivity contribution in [3.05, 3.63) is 108 Å². The van der Waals surface area contributed by atoms with Crippen LogP contribution in [0, 0.1) is 0 Å². The molecule has 13 heteroatoms. The van der Waals surface area contributed by atoms with Crippen LogP contribution in [0.15, 0.2) is 85.2 Å². The fraction of sp³-hybridized carbons (Fsp3) is 0.361. The van der Waals surface area contributed by atoms with Gasteiger partial charge in [0.2, 0.25) is 5.91 Å². The molecule has 0 radical (unpaired) electrons. The molecule has 4 heterocycles. The highest BCUT2D eigenvalue weighted by atomic mass is 19.1. The Bertz CT molecular complexity index is 1830. The number of aromatic nitrogens is 4. The summed E-state index contributed by atoms with van der Waals surface area (Å²) >= 11 is 0. The zero-order valence-electron chi connectivity index (χ0n) is 27.9. The highest BCUT2D eigenvalue weighted by molar-refractivity contribution is 6.04. The van der Waals surface area contributed by atoms with Gasteiger partial charge in [-0.2, -0.15) is 10.2 Å². The molecular weight excluding hydrogens is 627 g/mol. The van der Waals surface area contributed by atoms with E-state index >= 15 is 0 Å². The number of alkyl halides is 1. The van der Waals surface area contributed by atoms with Gasteiger partial charge in [0.1, 0.15) is 24.2 Å². The number of rotatable bonds is 13. The molecule has 256 valence electrons. The number of nitrogens with one attached hydrogen (secondary N) is 2. The Labute approximate surface area is 284 Å². The highest BCUT2D eigenvalue weighted by Crippen LogP contribution is 2.41. The van der Waals surface area contributed by atoms with E-state index in [4.69, 9.17) is 9.84 Å². The van der Waals surface area contributed by atoms with Gasteiger partial charge in [-0.1, -0.05) is 49.0 Å². The molecule has 4 aromatic rings. The van der Waals surface area contributed by atoms with Gasteiger partial charge in [0.15, 0.2) is 0 Å². The van der Waals surface area contributed by atoms with Crippen molar-refractivity contribution in [3.63, 3.8) is 0 Å². The molecule has 1 saturated heterocycles. The van der Waals surface area contributed by atoms with Gasteiger partial charge in [-0.05, 0) is 50.2 Å². The molecule has 1 fully saturated rings. The third kappa shape index (κ3) is 6.76. The second-order valence-electron chi connectivity index (χ2n) is 12.3. The van der Waals surface area contributed by atoms with Crippen LogP contribution < -0.4 is 15.5 Å². The lowest BCUT2D eigenvalue weighted by Gasteiger charge is -2.38. The van der Waals surface area contributed by atoms with Crippen molar-refractivity contribution in [2.75, 3.05) is 38.4 Å². The molecule has 6 rings (SSSR count). The summed E-state index contributed by atoms with van der Waals surface area (Å²) < 4.78 is 21.3. The first-order chi connectivity index (χ1) is 23.7. The van der Waals surface area contributed by atoms with Crippen molar-refractivity contribution >= 4 is 23.5 Å². The summed E-state index contributed by atoms with van der Waals surface area (Å²) in [5.41, 5.74) is 3.65. The minimum absolute atomic E-state index is 0.0195. The maximum absolute atomic E-state index is 14.3. The van der Waals surface area contributed by atoms with E-state index < -0.39 is 24.5 Å². The normalized spacial score (nSPS) is 18.1. The van der Waals surface area contributed by atoms with Gasteiger partial charge < -0.3 is 15.4 Å². The Kier molecular flexibility index (Phi) is 10.0. The van der Waals surface area contributed by atoms with Gasteiger partial charge in [0.25, 0.3) is 11.8 Å². The molecular formula is C36H41FN8O4. The number of hydrogen-bond donors (Lipinski definition) is 2. The van der Waals surface area contributed by atoms with E-state index in [1.165, 1.54) is 16.9 Å². The number of nitrogens with zero attached hydrogens (tertiary/aromatic N) is 6. The van der Waals surface area contributed by atoms with Crippen molar-refractivity contribution in [1.82, 2.24) is 35.1 Å². The van der Waals surface area contributed by atoms with Crippen molar-refractivity contribution < 1.29 is 23.5 Å². The van der Waals surface area contributed by atoms with E-state index in [9.17, 15) is 18.8 Å². The number of amides is 3. The second kappa shape index (κ2) is 14.5. The maximum atomic E-state index is 14.3. The first-order valence-corrected chi connectivity index (χ1v) is 16.4. The predicted octanol–water partition coefficient (Wildman–Crippen LogP) is 3.23. The number of fused-ring (bicyclic) bond motifs is 1. The second-order valence-corrected chi connectivity index (χ2v) is 12.3. The number of aryl methyl sites for hydroxylation is 1. The summed E-state index contributed by atoms with van der Waals surface area (Å²) in [6.07, 6.45) is 3.27. The topological polar surface area (TPSA) is 127 Å². The summed E-state index contributed by atoms with van der Waals surface area (Å²) in [7, 11) is 1.96. The zero-order chi connectivity index (χ0) is 34.7. The first-order valence-electron chi connectivity index (χ1n) is 16.4. The number of para-hydroxylation sites is 1. The SMILES string of the molecule is C=C(C(=O)NCc1cccc([C@@H]2c3cnn(-c4ccccc4)c3N(CC)C(=O)C2NC(=O)c2ccn(CCF)n2)c1)C(C)N(C)C1COC1. The third-order valence-corrected chi connectivity index (χ3v) is 9.38. The molecule has 3 amide bonds. The molecule has 0 aliphatic carbocycles. The van der Waals surface area contributed by atoms with Crippen LogP contribution in [0.3, 0.4) is 0 Å². The van der Waals surface area contributed by atoms with E-state index in [2.05, 4.69) is 27.2 Å². The molecule has 2 aromatic carbocycles. The lowest BCUT2D eigenvalue weighted by Crippen LogP contribution is -2.55. The van der Waals surface area contributed by atoms with Gasteiger partial charge in [-0.15, -0.1) is 0 Å². The van der Waals surface area contributed by atoms with Gasteiger partial charge in [-0.3, -0.25) is 28.9 Å². The Balaban J connectivity index is 1.31. The molecule has 0 spiro atoms. The van der Waals surface area contributed by atoms with Crippen molar-refractivity contribution in [2.45, 2.75) is 51.0 Å². The fourth-order valence-corrected chi connectivity index (χ4v) is 6.33. The highest BCUT2D eigenvalue weighted by Gasteiger charge is 2.44. The lowest BCUT2D eigenvalue weighted by molar-refractivity contribution is -0.121. The van der Waals surface area contributed by atoms with E-state index in [-0.39, 0.29) is 42.7 Å². The average Bonchev–Trinajstić information content (AvgIpc) is 3.75. The predicted molar refractivity (Wildman–Crippen MR) is 182 cm³/mol. The maximum Gasteiger partial charge on any atom is 0.272 e. The molecule has 2 N–H and O–H groups in total. The molecule has 2 aliphatic rings. The van der Waals surface area contributed by atoms with Gasteiger partial charge in [0, 0.05) is 42.4 Å². The Morgan fingerprint density at radius 3 is 2.61 bits per heavy atom. The van der Waals surface area contributed by atoms with E-state index in [1.54, 1.807) is 15.8 Å². The van der Waals surface area contributed by atoms with Crippen LogP contribution in [0.25, 0.3) is 5.69 Å². The first kappa shape index (κ1) is 33.7. The molecule has 2 aromatic heterocycles. The fourth-order valence-electron chi connectivity index (χ4n) is 6.33. The van der Waals surface area contributed by atoms with Crippen LogP contribution in [0.4, 0.5) is 10.2 Å². The van der Waals surface area contributed by atoms with Crippen LogP contribution in [0.1, 0.15) is 46.9 Å². The summed E-state index contributed by atoms with van der Waals surface area (Å²) in [6.45, 7) is 9.12. The Morgan fingerprint density at radius 1 is 1.14 bits per heavy atom. The molecule has 49 heavy (non-hydrogen) atoms. The quantitative estimate of drug-likeness (QED) is 0.210. The minimum Gasteiger partial charge on any atom is -0.378 e. The van der Waals surface area contributed by atoms with Crippen LogP contribution in [-0.4, -0.2) is 93.8 Å². The monoisotopic (exact) mass is 668 g/mol. The number of ether oxygens (including phenoxy) is 1. The molecule has 3 atom stereocenters. The molecule has 12 nitrogen and oxygen atoms in total. The zero-order valence-corrected chi connectivity index (χ0v) is 27.9.